The Morgan fingerprint density at radius 3 is 2.57 bits per heavy atom. The molecule has 28 heavy (non-hydrogen) atoms. The van der Waals surface area contributed by atoms with E-state index >= 15 is 0 Å². The van der Waals surface area contributed by atoms with Crippen LogP contribution in [0.4, 0.5) is 13.9 Å². The molecule has 1 aromatic heterocycles. The summed E-state index contributed by atoms with van der Waals surface area (Å²) in [7, 11) is 0. The average Bonchev–Trinajstić information content (AvgIpc) is 3.09. The molecule has 0 aliphatic rings. The quantitative estimate of drug-likeness (QED) is 0.655. The number of carbonyl (C=O) groups is 1. The molecule has 0 atom stereocenters. The van der Waals surface area contributed by atoms with Crippen molar-refractivity contribution >= 4 is 32.6 Å². The van der Waals surface area contributed by atoms with Crippen LogP contribution >= 0.6 is 11.3 Å². The SMILES string of the molecule is CC[NH+](CC)CCN(C(=O)c1ccccc1C)c1nc2c(F)cc(F)cc2s1. The van der Waals surface area contributed by atoms with E-state index in [1.807, 2.05) is 25.1 Å². The van der Waals surface area contributed by atoms with E-state index in [2.05, 4.69) is 18.8 Å². The van der Waals surface area contributed by atoms with Gasteiger partial charge in [-0.2, -0.15) is 0 Å². The second-order valence-electron chi connectivity index (χ2n) is 6.71. The Morgan fingerprint density at radius 2 is 1.89 bits per heavy atom. The smallest absolute Gasteiger partial charge is 0.260 e. The number of likely N-dealkylation sites (N-methyl/N-ethyl adjacent to an activating group) is 1. The van der Waals surface area contributed by atoms with Gasteiger partial charge >= 0.3 is 0 Å². The zero-order chi connectivity index (χ0) is 20.3. The van der Waals surface area contributed by atoms with E-state index in [1.54, 1.807) is 11.0 Å². The third-order valence-corrected chi connectivity index (χ3v) is 5.97. The zero-order valence-corrected chi connectivity index (χ0v) is 17.1. The lowest BCUT2D eigenvalue weighted by Crippen LogP contribution is -3.12. The zero-order valence-electron chi connectivity index (χ0n) is 16.3. The minimum Gasteiger partial charge on any atom is -0.334 e. The second-order valence-corrected chi connectivity index (χ2v) is 7.72. The summed E-state index contributed by atoms with van der Waals surface area (Å²) in [6.45, 7) is 9.18. The molecule has 0 aliphatic heterocycles. The number of fused-ring (bicyclic) bond motifs is 1. The Kier molecular flexibility index (Phi) is 6.36. The normalized spacial score (nSPS) is 11.4. The molecule has 0 unspecified atom stereocenters. The molecule has 0 saturated carbocycles. The highest BCUT2D eigenvalue weighted by Gasteiger charge is 2.24. The highest BCUT2D eigenvalue weighted by molar-refractivity contribution is 7.22. The summed E-state index contributed by atoms with van der Waals surface area (Å²) in [5, 5.41) is 0.388. The summed E-state index contributed by atoms with van der Waals surface area (Å²) >= 11 is 1.13. The Hall–Kier alpha value is -2.38. The molecule has 0 bridgehead atoms. The van der Waals surface area contributed by atoms with Crippen molar-refractivity contribution in [2.75, 3.05) is 31.1 Å². The van der Waals surface area contributed by atoms with E-state index in [9.17, 15) is 13.6 Å². The topological polar surface area (TPSA) is 37.6 Å². The van der Waals surface area contributed by atoms with Crippen LogP contribution in [0.3, 0.4) is 0 Å². The van der Waals surface area contributed by atoms with Crippen molar-refractivity contribution in [3.8, 4) is 0 Å². The van der Waals surface area contributed by atoms with Crippen LogP contribution in [0.15, 0.2) is 36.4 Å². The van der Waals surface area contributed by atoms with Gasteiger partial charge in [0.25, 0.3) is 5.91 Å². The Morgan fingerprint density at radius 1 is 1.18 bits per heavy atom. The van der Waals surface area contributed by atoms with E-state index in [-0.39, 0.29) is 11.4 Å². The van der Waals surface area contributed by atoms with Crippen molar-refractivity contribution in [3.63, 3.8) is 0 Å². The van der Waals surface area contributed by atoms with Crippen LogP contribution in [0.5, 0.6) is 0 Å². The van der Waals surface area contributed by atoms with Gasteiger partial charge in [0.1, 0.15) is 11.3 Å². The summed E-state index contributed by atoms with van der Waals surface area (Å²) in [5.41, 5.74) is 1.55. The van der Waals surface area contributed by atoms with Gasteiger partial charge in [-0.25, -0.2) is 13.8 Å². The van der Waals surface area contributed by atoms with Crippen LogP contribution in [-0.4, -0.2) is 37.1 Å². The maximum absolute atomic E-state index is 14.1. The summed E-state index contributed by atoms with van der Waals surface area (Å²) in [4.78, 5) is 20.6. The van der Waals surface area contributed by atoms with Crippen LogP contribution < -0.4 is 9.80 Å². The molecular formula is C21H24F2N3OS+. The van der Waals surface area contributed by atoms with E-state index in [0.717, 1.165) is 42.6 Å². The van der Waals surface area contributed by atoms with Crippen molar-refractivity contribution < 1.29 is 18.5 Å². The van der Waals surface area contributed by atoms with Crippen molar-refractivity contribution in [2.45, 2.75) is 20.8 Å². The number of hydrogen-bond donors (Lipinski definition) is 1. The number of quaternary nitrogens is 1. The van der Waals surface area contributed by atoms with Crippen molar-refractivity contribution in [1.29, 1.82) is 0 Å². The third-order valence-electron chi connectivity index (χ3n) is 4.94. The third kappa shape index (κ3) is 4.20. The maximum Gasteiger partial charge on any atom is 0.260 e. The fourth-order valence-electron chi connectivity index (χ4n) is 3.18. The minimum atomic E-state index is -0.713. The highest BCUT2D eigenvalue weighted by Crippen LogP contribution is 2.32. The Balaban J connectivity index is 2.02. The molecule has 0 radical (unpaired) electrons. The number of nitrogens with zero attached hydrogens (tertiary/aromatic N) is 2. The van der Waals surface area contributed by atoms with E-state index in [4.69, 9.17) is 0 Å². The molecule has 2 aromatic carbocycles. The predicted molar refractivity (Wildman–Crippen MR) is 109 cm³/mol. The first-order valence-electron chi connectivity index (χ1n) is 9.41. The van der Waals surface area contributed by atoms with Gasteiger partial charge in [-0.15, -0.1) is 0 Å². The molecular weight excluding hydrogens is 380 g/mol. The summed E-state index contributed by atoms with van der Waals surface area (Å²) in [5.74, 6) is -1.54. The standard InChI is InChI=1S/C21H23F2N3OS/c1-4-25(5-2)10-11-26(20(27)16-9-7-6-8-14(16)3)21-24-19-17(23)12-15(22)13-18(19)28-21/h6-9,12-13H,4-5,10-11H2,1-3H3/p+1. The van der Waals surface area contributed by atoms with Crippen LogP contribution in [0.25, 0.3) is 10.2 Å². The predicted octanol–water partition coefficient (Wildman–Crippen LogP) is 3.45. The molecule has 0 spiro atoms. The summed E-state index contributed by atoms with van der Waals surface area (Å²) < 4.78 is 28.1. The first-order valence-corrected chi connectivity index (χ1v) is 10.2. The first-order chi connectivity index (χ1) is 13.4. The molecule has 4 nitrogen and oxygen atoms in total. The Labute approximate surface area is 167 Å². The molecule has 7 heteroatoms. The van der Waals surface area contributed by atoms with Gasteiger partial charge in [-0.05, 0) is 38.5 Å². The van der Waals surface area contributed by atoms with E-state index in [0.29, 0.717) is 21.9 Å². The number of aromatic nitrogens is 1. The van der Waals surface area contributed by atoms with Crippen molar-refractivity contribution in [1.82, 2.24) is 4.98 Å². The van der Waals surface area contributed by atoms with Gasteiger partial charge in [0.2, 0.25) is 0 Å². The fraction of sp³-hybridized carbons (Fsp3) is 0.333. The Bertz CT molecular complexity index is 985. The minimum absolute atomic E-state index is 0.0965. The molecule has 3 aromatic rings. The lowest BCUT2D eigenvalue weighted by Gasteiger charge is -2.23. The molecule has 0 aliphatic carbocycles. The molecule has 0 fully saturated rings. The van der Waals surface area contributed by atoms with E-state index in [1.165, 1.54) is 11.0 Å². The summed E-state index contributed by atoms with van der Waals surface area (Å²) in [6, 6.07) is 9.44. The number of thiazole rings is 1. The van der Waals surface area contributed by atoms with Gasteiger partial charge in [0.15, 0.2) is 10.9 Å². The van der Waals surface area contributed by atoms with Crippen molar-refractivity contribution in [2.24, 2.45) is 0 Å². The second kappa shape index (κ2) is 8.75. The lowest BCUT2D eigenvalue weighted by atomic mass is 10.1. The number of halogens is 2. The monoisotopic (exact) mass is 404 g/mol. The number of benzene rings is 2. The number of hydrogen-bond acceptors (Lipinski definition) is 3. The van der Waals surface area contributed by atoms with Crippen LogP contribution in [0, 0.1) is 18.6 Å². The number of rotatable bonds is 7. The van der Waals surface area contributed by atoms with Gasteiger partial charge < -0.3 is 4.90 Å². The number of aryl methyl sites for hydroxylation is 1. The first kappa shape index (κ1) is 20.4. The number of carbonyl (C=O) groups excluding carboxylic acids is 1. The number of amides is 1. The average molecular weight is 405 g/mol. The number of nitrogens with one attached hydrogen (secondary N) is 1. The molecule has 1 heterocycles. The van der Waals surface area contributed by atoms with Crippen LogP contribution in [-0.2, 0) is 0 Å². The molecule has 1 N–H and O–H groups in total. The summed E-state index contributed by atoms with van der Waals surface area (Å²) in [6.07, 6.45) is 0. The number of anilines is 1. The lowest BCUT2D eigenvalue weighted by molar-refractivity contribution is -0.894. The largest absolute Gasteiger partial charge is 0.334 e. The molecule has 3 rings (SSSR count). The maximum atomic E-state index is 14.1. The van der Waals surface area contributed by atoms with Gasteiger partial charge in [0, 0.05) is 11.6 Å². The van der Waals surface area contributed by atoms with Crippen LogP contribution in [0.2, 0.25) is 0 Å². The van der Waals surface area contributed by atoms with Crippen molar-refractivity contribution in [3.05, 3.63) is 59.2 Å². The molecule has 1 amide bonds. The fourth-order valence-corrected chi connectivity index (χ4v) is 4.21. The van der Waals surface area contributed by atoms with Gasteiger partial charge in [0.05, 0.1) is 30.9 Å². The molecule has 148 valence electrons. The highest BCUT2D eigenvalue weighted by atomic mass is 32.1. The van der Waals surface area contributed by atoms with Gasteiger partial charge in [-0.1, -0.05) is 29.5 Å². The van der Waals surface area contributed by atoms with E-state index < -0.39 is 11.6 Å². The van der Waals surface area contributed by atoms with Crippen LogP contribution in [0.1, 0.15) is 29.8 Å². The molecule has 0 saturated heterocycles. The van der Waals surface area contributed by atoms with Gasteiger partial charge in [-0.3, -0.25) is 9.69 Å².